The van der Waals surface area contributed by atoms with Crippen molar-refractivity contribution in [2.75, 3.05) is 6.54 Å². The van der Waals surface area contributed by atoms with Crippen LogP contribution in [0.3, 0.4) is 0 Å². The molecule has 2 aliphatic carbocycles. The molecular weight excluding hydrogens is 434 g/mol. The van der Waals surface area contributed by atoms with E-state index in [0.717, 1.165) is 18.9 Å². The Hall–Kier alpha value is -2.55. The van der Waals surface area contributed by atoms with Crippen LogP contribution >= 0.6 is 15.9 Å². The zero-order chi connectivity index (χ0) is 21.0. The summed E-state index contributed by atoms with van der Waals surface area (Å²) in [6, 6.07) is 2.18. The van der Waals surface area contributed by atoms with E-state index in [2.05, 4.69) is 21.2 Å². The molecule has 1 aromatic rings. The molecule has 1 saturated carbocycles. The lowest BCUT2D eigenvalue weighted by atomic mass is 9.82. The number of aromatic hydroxyl groups is 2. The van der Waals surface area contributed by atoms with Gasteiger partial charge in [0, 0.05) is 6.54 Å². The summed E-state index contributed by atoms with van der Waals surface area (Å²) in [5.74, 6) is -3.61. The Morgan fingerprint density at radius 2 is 1.71 bits per heavy atom. The van der Waals surface area contributed by atoms with E-state index >= 15 is 0 Å². The molecule has 4 unspecified atom stereocenters. The van der Waals surface area contributed by atoms with Crippen molar-refractivity contribution in [2.24, 2.45) is 23.7 Å². The van der Waals surface area contributed by atoms with Crippen molar-refractivity contribution in [3.05, 3.63) is 34.3 Å². The van der Waals surface area contributed by atoms with Crippen LogP contribution in [0.2, 0.25) is 0 Å². The molecule has 1 aromatic carbocycles. The van der Waals surface area contributed by atoms with Gasteiger partial charge in [-0.1, -0.05) is 19.1 Å². The maximum absolute atomic E-state index is 11.9. The highest BCUT2D eigenvalue weighted by Crippen LogP contribution is 2.48. The van der Waals surface area contributed by atoms with Crippen LogP contribution in [0.15, 0.2) is 28.8 Å². The number of hydrogen-bond acceptors (Lipinski definition) is 5. The Morgan fingerprint density at radius 3 is 2.21 bits per heavy atom. The van der Waals surface area contributed by atoms with Crippen LogP contribution in [-0.4, -0.2) is 44.8 Å². The second-order valence-electron chi connectivity index (χ2n) is 6.76. The normalized spacial score (nSPS) is 24.4. The predicted octanol–water partition coefficient (Wildman–Crippen LogP) is 2.59. The minimum Gasteiger partial charge on any atom is -0.504 e. The van der Waals surface area contributed by atoms with Gasteiger partial charge in [0.15, 0.2) is 11.5 Å². The number of carboxylic acid groups (broad SMARTS) is 2. The highest BCUT2D eigenvalue weighted by molar-refractivity contribution is 9.10. The van der Waals surface area contributed by atoms with E-state index in [9.17, 15) is 14.4 Å². The monoisotopic (exact) mass is 455 g/mol. The third-order valence-electron chi connectivity index (χ3n) is 4.89. The molecule has 0 heterocycles. The summed E-state index contributed by atoms with van der Waals surface area (Å²) in [4.78, 5) is 33.5. The minimum atomic E-state index is -1.16. The molecule has 0 spiro atoms. The SMILES string of the molecule is CCCNC(=O)C1C2C=CC(C2)C1C(=O)O.O=C(O)c1cc(O)c(O)c(Br)c1. The van der Waals surface area contributed by atoms with Gasteiger partial charge in [-0.15, -0.1) is 0 Å². The van der Waals surface area contributed by atoms with Crippen molar-refractivity contribution in [1.29, 1.82) is 0 Å². The van der Waals surface area contributed by atoms with Crippen LogP contribution in [0.25, 0.3) is 0 Å². The number of halogens is 1. The third kappa shape index (κ3) is 4.64. The molecule has 0 radical (unpaired) electrons. The van der Waals surface area contributed by atoms with Gasteiger partial charge < -0.3 is 25.7 Å². The molecule has 4 atom stereocenters. The van der Waals surface area contributed by atoms with Gasteiger partial charge in [0.25, 0.3) is 0 Å². The smallest absolute Gasteiger partial charge is 0.335 e. The van der Waals surface area contributed by atoms with Crippen molar-refractivity contribution in [3.8, 4) is 11.5 Å². The van der Waals surface area contributed by atoms with E-state index in [-0.39, 0.29) is 39.4 Å². The van der Waals surface area contributed by atoms with Crippen molar-refractivity contribution >= 4 is 33.8 Å². The van der Waals surface area contributed by atoms with Crippen LogP contribution in [-0.2, 0) is 9.59 Å². The lowest BCUT2D eigenvalue weighted by molar-refractivity contribution is -0.147. The van der Waals surface area contributed by atoms with Crippen LogP contribution in [0.4, 0.5) is 0 Å². The summed E-state index contributed by atoms with van der Waals surface area (Å²) in [6.45, 7) is 2.61. The first-order valence-electron chi connectivity index (χ1n) is 8.80. The first-order chi connectivity index (χ1) is 13.2. The van der Waals surface area contributed by atoms with Crippen molar-refractivity contribution in [2.45, 2.75) is 19.8 Å². The van der Waals surface area contributed by atoms with E-state index in [1.165, 1.54) is 6.07 Å². The maximum Gasteiger partial charge on any atom is 0.335 e. The molecule has 1 amide bonds. The molecule has 1 fully saturated rings. The topological polar surface area (TPSA) is 144 Å². The lowest BCUT2D eigenvalue weighted by Gasteiger charge is -2.23. The van der Waals surface area contributed by atoms with Gasteiger partial charge in [0.2, 0.25) is 5.91 Å². The molecule has 8 nitrogen and oxygen atoms in total. The summed E-state index contributed by atoms with van der Waals surface area (Å²) in [6.07, 6.45) is 5.65. The van der Waals surface area contributed by atoms with Crippen LogP contribution in [0.5, 0.6) is 11.5 Å². The first kappa shape index (κ1) is 21.7. The third-order valence-corrected chi connectivity index (χ3v) is 5.49. The molecule has 152 valence electrons. The van der Waals surface area contributed by atoms with Gasteiger partial charge in [0.05, 0.1) is 21.9 Å². The largest absolute Gasteiger partial charge is 0.504 e. The van der Waals surface area contributed by atoms with E-state index in [1.54, 1.807) is 0 Å². The number of hydrogen-bond donors (Lipinski definition) is 5. The summed E-state index contributed by atoms with van der Waals surface area (Å²) < 4.78 is 0.153. The number of aromatic carboxylic acids is 1. The molecule has 9 heteroatoms. The molecule has 2 aliphatic rings. The second kappa shape index (κ2) is 9.09. The molecular formula is C19H22BrNO7. The molecule has 5 N–H and O–H groups in total. The van der Waals surface area contributed by atoms with Crippen molar-refractivity contribution in [1.82, 2.24) is 5.32 Å². The number of aliphatic carboxylic acids is 1. The standard InChI is InChI=1S/C12H17NO3.C7H5BrO4/c1-2-5-13-11(14)9-7-3-4-8(6-7)10(9)12(15)16;8-4-1-3(7(11)12)2-5(9)6(4)10/h3-4,7-10H,2,5-6H2,1H3,(H,13,14)(H,15,16);1-2,9-10H,(H,11,12). The van der Waals surface area contributed by atoms with Gasteiger partial charge in [-0.25, -0.2) is 4.79 Å². The Bertz CT molecular complexity index is 784. The number of carboxylic acids is 2. The predicted molar refractivity (Wildman–Crippen MR) is 103 cm³/mol. The number of amides is 1. The molecule has 3 rings (SSSR count). The average Bonchev–Trinajstić information content (AvgIpc) is 3.25. The van der Waals surface area contributed by atoms with Crippen molar-refractivity contribution < 1.29 is 34.8 Å². The van der Waals surface area contributed by atoms with Gasteiger partial charge in [0.1, 0.15) is 0 Å². The van der Waals surface area contributed by atoms with Gasteiger partial charge in [-0.2, -0.15) is 0 Å². The zero-order valence-corrected chi connectivity index (χ0v) is 16.7. The quantitative estimate of drug-likeness (QED) is 0.338. The average molecular weight is 456 g/mol. The summed E-state index contributed by atoms with van der Waals surface area (Å²) >= 11 is 2.89. The Kier molecular flexibility index (Phi) is 7.06. The number of carbonyl (C=O) groups is 3. The fraction of sp³-hybridized carbons (Fsp3) is 0.421. The number of phenols is 2. The lowest BCUT2D eigenvalue weighted by Crippen LogP contribution is -2.40. The molecule has 28 heavy (non-hydrogen) atoms. The van der Waals surface area contributed by atoms with E-state index in [0.29, 0.717) is 6.54 Å². The highest BCUT2D eigenvalue weighted by atomic mass is 79.9. The molecule has 0 saturated heterocycles. The van der Waals surface area contributed by atoms with Crippen LogP contribution in [0, 0.1) is 23.7 Å². The first-order valence-corrected chi connectivity index (χ1v) is 9.60. The maximum atomic E-state index is 11.9. The fourth-order valence-electron chi connectivity index (χ4n) is 3.59. The summed E-state index contributed by atoms with van der Waals surface area (Å²) in [5.41, 5.74) is -0.0859. The fourth-order valence-corrected chi connectivity index (χ4v) is 4.04. The van der Waals surface area contributed by atoms with E-state index in [1.807, 2.05) is 19.1 Å². The van der Waals surface area contributed by atoms with Crippen LogP contribution < -0.4 is 5.32 Å². The Balaban J connectivity index is 0.000000209. The number of phenolic OH excluding ortho intramolecular Hbond substituents is 2. The van der Waals surface area contributed by atoms with Gasteiger partial charge >= 0.3 is 11.9 Å². The number of allylic oxidation sites excluding steroid dienone is 2. The number of benzene rings is 1. The second-order valence-corrected chi connectivity index (χ2v) is 7.61. The number of nitrogens with one attached hydrogen (secondary N) is 1. The highest BCUT2D eigenvalue weighted by Gasteiger charge is 2.51. The Labute approximate surface area is 170 Å². The number of rotatable bonds is 5. The zero-order valence-electron chi connectivity index (χ0n) is 15.1. The minimum absolute atomic E-state index is 0.0554. The van der Waals surface area contributed by atoms with Gasteiger partial charge in [-0.3, -0.25) is 9.59 Å². The Morgan fingerprint density at radius 1 is 1.11 bits per heavy atom. The van der Waals surface area contributed by atoms with Crippen LogP contribution in [0.1, 0.15) is 30.1 Å². The molecule has 2 bridgehead atoms. The van der Waals surface area contributed by atoms with Crippen molar-refractivity contribution in [3.63, 3.8) is 0 Å². The van der Waals surface area contributed by atoms with Gasteiger partial charge in [-0.05, 0) is 52.7 Å². The molecule has 0 aromatic heterocycles. The summed E-state index contributed by atoms with van der Waals surface area (Å²) in [7, 11) is 0. The molecule has 0 aliphatic heterocycles. The summed E-state index contributed by atoms with van der Waals surface area (Å²) in [5, 5.41) is 38.5. The number of carbonyl (C=O) groups excluding carboxylic acids is 1. The van der Waals surface area contributed by atoms with E-state index < -0.39 is 23.6 Å². The number of fused-ring (bicyclic) bond motifs is 2. The van der Waals surface area contributed by atoms with E-state index in [4.69, 9.17) is 20.4 Å².